The number of nitrogen functional groups attached to an aromatic ring is 1. The van der Waals surface area contributed by atoms with Gasteiger partial charge in [0.15, 0.2) is 0 Å². The van der Waals surface area contributed by atoms with Crippen molar-refractivity contribution < 1.29 is 0 Å². The summed E-state index contributed by atoms with van der Waals surface area (Å²) in [5.74, 6) is 0. The van der Waals surface area contributed by atoms with E-state index in [-0.39, 0.29) is 0 Å². The summed E-state index contributed by atoms with van der Waals surface area (Å²) in [6.07, 6.45) is 1.51. The third-order valence-corrected chi connectivity index (χ3v) is 2.90. The van der Waals surface area contributed by atoms with Crippen LogP contribution in [0, 0.1) is 11.3 Å². The number of benzene rings is 1. The van der Waals surface area contributed by atoms with Crippen molar-refractivity contribution in [3.8, 4) is 6.07 Å². The zero-order chi connectivity index (χ0) is 11.4. The minimum Gasteiger partial charge on any atom is -0.399 e. The predicted octanol–water partition coefficient (Wildman–Crippen LogP) is 2.08. The third kappa shape index (κ3) is 2.30. The normalized spacial score (nSPS) is 9.69. The summed E-state index contributed by atoms with van der Waals surface area (Å²) in [5.41, 5.74) is 6.82. The van der Waals surface area contributed by atoms with E-state index in [1.54, 1.807) is 6.07 Å². The molecular formula is C11H8N4S. The molecule has 0 atom stereocenters. The molecule has 0 saturated heterocycles. The van der Waals surface area contributed by atoms with Crippen LogP contribution < -0.4 is 5.73 Å². The maximum atomic E-state index is 8.89. The summed E-state index contributed by atoms with van der Waals surface area (Å²) in [6, 6.07) is 11.1. The van der Waals surface area contributed by atoms with Crippen LogP contribution in [0.3, 0.4) is 0 Å². The quantitative estimate of drug-likeness (QED) is 0.796. The highest BCUT2D eigenvalue weighted by Gasteiger charge is 2.05. The standard InChI is InChI=1S/C11H8N4S/c12-7-8-5-6-14-15-11(8)16-10-3-1-9(13)2-4-10/h1-6H,13H2. The molecule has 0 saturated carbocycles. The molecule has 2 N–H and O–H groups in total. The minimum absolute atomic E-state index is 0.525. The van der Waals surface area contributed by atoms with E-state index in [1.807, 2.05) is 24.3 Å². The average Bonchev–Trinajstić information content (AvgIpc) is 2.33. The summed E-state index contributed by atoms with van der Waals surface area (Å²) >= 11 is 1.40. The molecule has 2 rings (SSSR count). The molecule has 0 radical (unpaired) electrons. The highest BCUT2D eigenvalue weighted by Crippen LogP contribution is 2.28. The van der Waals surface area contributed by atoms with E-state index in [4.69, 9.17) is 11.0 Å². The van der Waals surface area contributed by atoms with Gasteiger partial charge in [-0.2, -0.15) is 10.4 Å². The number of hydrogen-bond acceptors (Lipinski definition) is 5. The van der Waals surface area contributed by atoms with Crippen LogP contribution in [0.2, 0.25) is 0 Å². The fraction of sp³-hybridized carbons (Fsp3) is 0. The average molecular weight is 228 g/mol. The lowest BCUT2D eigenvalue weighted by Crippen LogP contribution is -1.89. The van der Waals surface area contributed by atoms with Crippen LogP contribution in [0.1, 0.15) is 5.56 Å². The molecular weight excluding hydrogens is 220 g/mol. The minimum atomic E-state index is 0.525. The number of hydrogen-bond donors (Lipinski definition) is 1. The molecule has 1 aromatic heterocycles. The van der Waals surface area contributed by atoms with E-state index in [2.05, 4.69) is 16.3 Å². The van der Waals surface area contributed by atoms with Crippen molar-refractivity contribution in [2.45, 2.75) is 9.92 Å². The molecule has 0 amide bonds. The van der Waals surface area contributed by atoms with E-state index in [9.17, 15) is 0 Å². The molecule has 0 aliphatic heterocycles. The highest BCUT2D eigenvalue weighted by molar-refractivity contribution is 7.99. The Morgan fingerprint density at radius 3 is 2.62 bits per heavy atom. The van der Waals surface area contributed by atoms with E-state index in [0.29, 0.717) is 16.3 Å². The fourth-order valence-electron chi connectivity index (χ4n) is 1.13. The van der Waals surface area contributed by atoms with Crippen molar-refractivity contribution >= 4 is 17.4 Å². The first-order valence-electron chi connectivity index (χ1n) is 4.55. The van der Waals surface area contributed by atoms with Gasteiger partial charge in [-0.3, -0.25) is 0 Å². The number of rotatable bonds is 2. The van der Waals surface area contributed by atoms with Crippen LogP contribution in [-0.4, -0.2) is 10.2 Å². The van der Waals surface area contributed by atoms with Gasteiger partial charge in [-0.25, -0.2) is 0 Å². The Bertz CT molecular complexity index is 530. The first-order valence-corrected chi connectivity index (χ1v) is 5.36. The molecule has 0 unspecified atom stereocenters. The van der Waals surface area contributed by atoms with Crippen molar-refractivity contribution in [2.24, 2.45) is 0 Å². The van der Waals surface area contributed by atoms with Gasteiger partial charge in [0.2, 0.25) is 0 Å². The van der Waals surface area contributed by atoms with Gasteiger partial charge in [-0.1, -0.05) is 11.8 Å². The lowest BCUT2D eigenvalue weighted by molar-refractivity contribution is 0.920. The van der Waals surface area contributed by atoms with Crippen LogP contribution in [0.5, 0.6) is 0 Å². The molecule has 1 aromatic carbocycles. The van der Waals surface area contributed by atoms with Crippen LogP contribution in [-0.2, 0) is 0 Å². The van der Waals surface area contributed by atoms with Crippen LogP contribution in [0.15, 0.2) is 46.5 Å². The summed E-state index contributed by atoms with van der Waals surface area (Å²) in [5, 5.41) is 17.2. The van der Waals surface area contributed by atoms with E-state index < -0.39 is 0 Å². The van der Waals surface area contributed by atoms with Gasteiger partial charge in [0.25, 0.3) is 0 Å². The summed E-state index contributed by atoms with van der Waals surface area (Å²) in [7, 11) is 0. The van der Waals surface area contributed by atoms with Crippen molar-refractivity contribution in [3.05, 3.63) is 42.1 Å². The second-order valence-electron chi connectivity index (χ2n) is 3.03. The van der Waals surface area contributed by atoms with Gasteiger partial charge in [0.05, 0.1) is 11.8 Å². The molecule has 78 valence electrons. The predicted molar refractivity (Wildman–Crippen MR) is 61.7 cm³/mol. The molecule has 0 fully saturated rings. The molecule has 0 bridgehead atoms. The third-order valence-electron chi connectivity index (χ3n) is 1.90. The largest absolute Gasteiger partial charge is 0.399 e. The van der Waals surface area contributed by atoms with E-state index in [1.165, 1.54) is 18.0 Å². The second-order valence-corrected chi connectivity index (χ2v) is 4.10. The lowest BCUT2D eigenvalue weighted by Gasteiger charge is -2.01. The van der Waals surface area contributed by atoms with Crippen LogP contribution >= 0.6 is 11.8 Å². The van der Waals surface area contributed by atoms with Crippen molar-refractivity contribution in [1.29, 1.82) is 5.26 Å². The second kappa shape index (κ2) is 4.64. The summed E-state index contributed by atoms with van der Waals surface area (Å²) in [4.78, 5) is 0.978. The highest BCUT2D eigenvalue weighted by atomic mass is 32.2. The van der Waals surface area contributed by atoms with Gasteiger partial charge in [-0.05, 0) is 30.3 Å². The maximum Gasteiger partial charge on any atom is 0.141 e. The fourth-order valence-corrected chi connectivity index (χ4v) is 1.93. The molecule has 1 heterocycles. The van der Waals surface area contributed by atoms with Gasteiger partial charge in [-0.15, -0.1) is 5.10 Å². The SMILES string of the molecule is N#Cc1ccnnc1Sc1ccc(N)cc1. The van der Waals surface area contributed by atoms with Crippen molar-refractivity contribution in [2.75, 3.05) is 5.73 Å². The zero-order valence-corrected chi connectivity index (χ0v) is 9.11. The number of anilines is 1. The monoisotopic (exact) mass is 228 g/mol. The smallest absolute Gasteiger partial charge is 0.141 e. The van der Waals surface area contributed by atoms with Crippen LogP contribution in [0.25, 0.3) is 0 Å². The Labute approximate surface area is 97.1 Å². The Kier molecular flexibility index (Phi) is 3.03. The van der Waals surface area contributed by atoms with Gasteiger partial charge in [0, 0.05) is 10.6 Å². The molecule has 0 aliphatic carbocycles. The summed E-state index contributed by atoms with van der Waals surface area (Å²) in [6.45, 7) is 0. The number of nitrogens with two attached hydrogens (primary N) is 1. The Morgan fingerprint density at radius 2 is 1.94 bits per heavy atom. The van der Waals surface area contributed by atoms with Crippen LogP contribution in [0.4, 0.5) is 5.69 Å². The molecule has 2 aromatic rings. The van der Waals surface area contributed by atoms with E-state index in [0.717, 1.165) is 4.90 Å². The van der Waals surface area contributed by atoms with Gasteiger partial charge in [0.1, 0.15) is 11.1 Å². The molecule has 5 heteroatoms. The zero-order valence-electron chi connectivity index (χ0n) is 8.29. The Hall–Kier alpha value is -2.06. The maximum absolute atomic E-state index is 8.89. The number of aromatic nitrogens is 2. The molecule has 4 nitrogen and oxygen atoms in total. The van der Waals surface area contributed by atoms with E-state index >= 15 is 0 Å². The topological polar surface area (TPSA) is 75.6 Å². The lowest BCUT2D eigenvalue weighted by atomic mass is 10.3. The number of nitrogens with zero attached hydrogens (tertiary/aromatic N) is 3. The Morgan fingerprint density at radius 1 is 1.19 bits per heavy atom. The van der Waals surface area contributed by atoms with Gasteiger partial charge >= 0.3 is 0 Å². The van der Waals surface area contributed by atoms with Crippen molar-refractivity contribution in [1.82, 2.24) is 10.2 Å². The van der Waals surface area contributed by atoms with Gasteiger partial charge < -0.3 is 5.73 Å². The van der Waals surface area contributed by atoms with Crippen molar-refractivity contribution in [3.63, 3.8) is 0 Å². The number of nitriles is 1. The molecule has 0 spiro atoms. The first kappa shape index (κ1) is 10.5. The molecule has 16 heavy (non-hydrogen) atoms. The Balaban J connectivity index is 2.27. The molecule has 0 aliphatic rings. The first-order chi connectivity index (χ1) is 7.79. The summed E-state index contributed by atoms with van der Waals surface area (Å²) < 4.78 is 0.